The van der Waals surface area contributed by atoms with Crippen LogP contribution in [0.2, 0.25) is 0 Å². The molecule has 0 saturated carbocycles. The second kappa shape index (κ2) is 11.2. The summed E-state index contributed by atoms with van der Waals surface area (Å²) in [5.74, 6) is 3.61. The molecule has 6 rings (SSSR count). The number of urea groups is 1. The summed E-state index contributed by atoms with van der Waals surface area (Å²) in [4.78, 5) is 22.2. The van der Waals surface area contributed by atoms with Crippen molar-refractivity contribution in [1.29, 1.82) is 0 Å². The molecule has 2 amide bonds. The van der Waals surface area contributed by atoms with E-state index >= 15 is 0 Å². The van der Waals surface area contributed by atoms with Gasteiger partial charge < -0.3 is 28.8 Å². The molecule has 4 aromatic rings. The third kappa shape index (κ3) is 6.39. The average molecular weight is 558 g/mol. The molecule has 10 heteroatoms. The molecule has 2 saturated heterocycles. The molecule has 2 fully saturated rings. The fraction of sp³-hybridized carbons (Fsp3) is 0.452. The standard InChI is InChI=1S/C31H39N7O3/c1-31(2,3)27-14-28(35-41-27)34-30(39)32-24-8-6-21(7-9-24)26-20-38-19-25(10-11-29(38)33-26)40-13-5-12-37-17-22-15-36(4)16-23(22)18-37/h6-11,14,19-20,22-23H,5,12-13,15-18H2,1-4H3,(H2,32,34,35,39). The number of pyridine rings is 1. The van der Waals surface area contributed by atoms with Gasteiger partial charge in [-0.1, -0.05) is 38.1 Å². The van der Waals surface area contributed by atoms with Crippen molar-refractivity contribution in [3.63, 3.8) is 0 Å². The van der Waals surface area contributed by atoms with Gasteiger partial charge in [-0.25, -0.2) is 9.78 Å². The first-order valence-electron chi connectivity index (χ1n) is 14.4. The number of amides is 2. The predicted molar refractivity (Wildman–Crippen MR) is 160 cm³/mol. The Morgan fingerprint density at radius 3 is 2.49 bits per heavy atom. The smallest absolute Gasteiger partial charge is 0.324 e. The molecular weight excluding hydrogens is 518 g/mol. The van der Waals surface area contributed by atoms with E-state index in [1.165, 1.54) is 26.2 Å². The molecule has 2 unspecified atom stereocenters. The SMILES string of the molecule is CN1CC2CN(CCCOc3ccc4nc(-c5ccc(NC(=O)Nc6cc(C(C)(C)C)on6)cc5)cn4c3)CC2C1. The first-order chi connectivity index (χ1) is 19.7. The molecule has 0 bridgehead atoms. The van der Waals surface area contributed by atoms with Crippen molar-refractivity contribution in [3.8, 4) is 17.0 Å². The van der Waals surface area contributed by atoms with Gasteiger partial charge in [0.1, 0.15) is 17.2 Å². The van der Waals surface area contributed by atoms with Crippen LogP contribution in [0.4, 0.5) is 16.3 Å². The maximum absolute atomic E-state index is 12.4. The van der Waals surface area contributed by atoms with Gasteiger partial charge in [0.25, 0.3) is 0 Å². The lowest BCUT2D eigenvalue weighted by Gasteiger charge is -2.18. The quantitative estimate of drug-likeness (QED) is 0.288. The molecule has 2 aliphatic heterocycles. The van der Waals surface area contributed by atoms with Gasteiger partial charge in [0.15, 0.2) is 5.82 Å². The number of hydrogen-bond acceptors (Lipinski definition) is 7. The number of likely N-dealkylation sites (tertiary alicyclic amines) is 2. The number of nitrogens with one attached hydrogen (secondary N) is 2. The van der Waals surface area contributed by atoms with E-state index in [1.54, 1.807) is 6.07 Å². The number of aromatic nitrogens is 3. The number of fused-ring (bicyclic) bond motifs is 2. The summed E-state index contributed by atoms with van der Waals surface area (Å²) in [6, 6.07) is 12.9. The number of anilines is 2. The number of nitrogens with zero attached hydrogens (tertiary/aromatic N) is 5. The van der Waals surface area contributed by atoms with Gasteiger partial charge >= 0.3 is 6.03 Å². The van der Waals surface area contributed by atoms with E-state index in [4.69, 9.17) is 14.2 Å². The van der Waals surface area contributed by atoms with Gasteiger partial charge in [0.2, 0.25) is 0 Å². The highest BCUT2D eigenvalue weighted by molar-refractivity contribution is 5.99. The molecule has 2 aliphatic rings. The van der Waals surface area contributed by atoms with Gasteiger partial charge in [-0.05, 0) is 49.6 Å². The highest BCUT2D eigenvalue weighted by atomic mass is 16.5. The lowest BCUT2D eigenvalue weighted by atomic mass is 9.93. The van der Waals surface area contributed by atoms with Crippen LogP contribution in [0.1, 0.15) is 33.0 Å². The Labute approximate surface area is 240 Å². The second-order valence-electron chi connectivity index (χ2n) is 12.4. The number of imidazole rings is 1. The van der Waals surface area contributed by atoms with Crippen LogP contribution in [0.3, 0.4) is 0 Å². The maximum Gasteiger partial charge on any atom is 0.324 e. The van der Waals surface area contributed by atoms with E-state index in [9.17, 15) is 4.79 Å². The summed E-state index contributed by atoms with van der Waals surface area (Å²) in [6.07, 6.45) is 5.00. The Kier molecular flexibility index (Phi) is 7.44. The Bertz CT molecular complexity index is 1490. The molecule has 0 spiro atoms. The third-order valence-electron chi connectivity index (χ3n) is 7.99. The van der Waals surface area contributed by atoms with Crippen LogP contribution in [0, 0.1) is 11.8 Å². The van der Waals surface area contributed by atoms with E-state index in [2.05, 4.69) is 32.6 Å². The maximum atomic E-state index is 12.4. The minimum Gasteiger partial charge on any atom is -0.492 e. The second-order valence-corrected chi connectivity index (χ2v) is 12.4. The van der Waals surface area contributed by atoms with Crippen LogP contribution in [0.15, 0.2) is 59.4 Å². The van der Waals surface area contributed by atoms with Crippen LogP contribution in [0.5, 0.6) is 5.75 Å². The monoisotopic (exact) mass is 557 g/mol. The molecule has 41 heavy (non-hydrogen) atoms. The first-order valence-corrected chi connectivity index (χ1v) is 14.4. The first kappa shape index (κ1) is 27.3. The summed E-state index contributed by atoms with van der Waals surface area (Å²) < 4.78 is 13.4. The normalized spacial score (nSPS) is 19.5. The van der Waals surface area contributed by atoms with E-state index in [0.29, 0.717) is 23.9 Å². The number of carbonyl (C=O) groups excluding carboxylic acids is 1. The molecule has 3 aromatic heterocycles. The van der Waals surface area contributed by atoms with Gasteiger partial charge in [-0.15, -0.1) is 0 Å². The summed E-state index contributed by atoms with van der Waals surface area (Å²) >= 11 is 0. The third-order valence-corrected chi connectivity index (χ3v) is 7.99. The molecular formula is C31H39N7O3. The van der Waals surface area contributed by atoms with Crippen LogP contribution in [-0.2, 0) is 5.41 Å². The van der Waals surface area contributed by atoms with Crippen molar-refractivity contribution >= 4 is 23.2 Å². The minimum atomic E-state index is -0.386. The molecule has 2 N–H and O–H groups in total. The predicted octanol–water partition coefficient (Wildman–Crippen LogP) is 5.19. The van der Waals surface area contributed by atoms with Gasteiger partial charge in [-0.3, -0.25) is 5.32 Å². The van der Waals surface area contributed by atoms with E-state index in [0.717, 1.165) is 47.5 Å². The number of rotatable bonds is 8. The zero-order valence-electron chi connectivity index (χ0n) is 24.3. The van der Waals surface area contributed by atoms with E-state index in [-0.39, 0.29) is 11.4 Å². The molecule has 1 aromatic carbocycles. The fourth-order valence-corrected chi connectivity index (χ4v) is 5.87. The van der Waals surface area contributed by atoms with Crippen molar-refractivity contribution in [2.45, 2.75) is 32.6 Å². The molecule has 0 aliphatic carbocycles. The molecule has 10 nitrogen and oxygen atoms in total. The van der Waals surface area contributed by atoms with E-state index < -0.39 is 0 Å². The zero-order chi connectivity index (χ0) is 28.6. The van der Waals surface area contributed by atoms with Gasteiger partial charge in [0, 0.05) is 61.7 Å². The minimum absolute atomic E-state index is 0.184. The summed E-state index contributed by atoms with van der Waals surface area (Å²) in [5.41, 5.74) is 3.13. The van der Waals surface area contributed by atoms with Crippen LogP contribution in [0.25, 0.3) is 16.9 Å². The number of hydrogen-bond donors (Lipinski definition) is 2. The van der Waals surface area contributed by atoms with Gasteiger partial charge in [-0.2, -0.15) is 0 Å². The Balaban J connectivity index is 0.995. The highest BCUT2D eigenvalue weighted by Crippen LogP contribution is 2.30. The van der Waals surface area contributed by atoms with Crippen molar-refractivity contribution < 1.29 is 14.1 Å². The van der Waals surface area contributed by atoms with Crippen molar-refractivity contribution in [2.24, 2.45) is 11.8 Å². The Morgan fingerprint density at radius 2 is 1.78 bits per heavy atom. The van der Waals surface area contributed by atoms with Crippen molar-refractivity contribution in [2.75, 3.05) is 57.0 Å². The Morgan fingerprint density at radius 1 is 1.02 bits per heavy atom. The van der Waals surface area contributed by atoms with Crippen LogP contribution in [-0.4, -0.2) is 76.8 Å². The van der Waals surface area contributed by atoms with Crippen LogP contribution >= 0.6 is 0 Å². The summed E-state index contributed by atoms with van der Waals surface area (Å²) in [5, 5.41) is 9.46. The number of carbonyl (C=O) groups is 1. The lowest BCUT2D eigenvalue weighted by Crippen LogP contribution is -2.28. The van der Waals surface area contributed by atoms with Gasteiger partial charge in [0.05, 0.1) is 18.5 Å². The Hall–Kier alpha value is -3.89. The highest BCUT2D eigenvalue weighted by Gasteiger charge is 2.38. The molecule has 0 radical (unpaired) electrons. The average Bonchev–Trinajstić information content (AvgIpc) is 3.70. The van der Waals surface area contributed by atoms with E-state index in [1.807, 2.05) is 74.0 Å². The largest absolute Gasteiger partial charge is 0.492 e. The van der Waals surface area contributed by atoms with Crippen molar-refractivity contribution in [3.05, 3.63) is 60.6 Å². The fourth-order valence-electron chi connectivity index (χ4n) is 5.87. The zero-order valence-corrected chi connectivity index (χ0v) is 24.3. The summed E-state index contributed by atoms with van der Waals surface area (Å²) in [7, 11) is 2.23. The van der Waals surface area contributed by atoms with Crippen molar-refractivity contribution in [1.82, 2.24) is 24.3 Å². The molecule has 216 valence electrons. The molecule has 5 heterocycles. The number of ether oxygens (including phenoxy) is 1. The topological polar surface area (TPSA) is 100 Å². The molecule has 2 atom stereocenters. The van der Waals surface area contributed by atoms with Crippen LogP contribution < -0.4 is 15.4 Å². The summed E-state index contributed by atoms with van der Waals surface area (Å²) in [6.45, 7) is 12.8. The lowest BCUT2D eigenvalue weighted by molar-refractivity contribution is 0.241. The number of benzene rings is 1.